The second kappa shape index (κ2) is 3.74. The molecule has 2 N–H and O–H groups in total. The summed E-state index contributed by atoms with van der Waals surface area (Å²) >= 11 is 0. The number of aliphatic hydroxyl groups excluding tert-OH is 1. The molecule has 0 heterocycles. The van der Waals surface area contributed by atoms with Gasteiger partial charge in [0.05, 0.1) is 6.10 Å². The highest BCUT2D eigenvalue weighted by Crippen LogP contribution is 2.06. The van der Waals surface area contributed by atoms with Gasteiger partial charge in [-0.25, -0.2) is 0 Å². The van der Waals surface area contributed by atoms with Crippen LogP contribution in [0.2, 0.25) is 0 Å². The van der Waals surface area contributed by atoms with Crippen molar-refractivity contribution in [1.82, 2.24) is 5.32 Å². The quantitative estimate of drug-likeness (QED) is 0.574. The maximum atomic E-state index is 9.21. The van der Waals surface area contributed by atoms with Crippen LogP contribution in [-0.4, -0.2) is 23.3 Å². The minimum atomic E-state index is -0.340. The Morgan fingerprint density at radius 1 is 1.70 bits per heavy atom. The molecule has 60 valence electrons. The third-order valence-corrected chi connectivity index (χ3v) is 1.75. The highest BCUT2D eigenvalue weighted by molar-refractivity contribution is 4.86. The van der Waals surface area contributed by atoms with Crippen molar-refractivity contribution >= 4 is 0 Å². The normalized spacial score (nSPS) is 14.8. The first kappa shape index (κ1) is 9.66. The van der Waals surface area contributed by atoms with E-state index < -0.39 is 0 Å². The smallest absolute Gasteiger partial charge is 0.0688 e. The standard InChI is InChI=1S/C8H17NO/c1-5-6-9-8(3,4)7(2)10/h5,7,9-10H,1,6H2,2-4H3. The Hall–Kier alpha value is -0.340. The molecule has 0 rings (SSSR count). The molecule has 0 fully saturated rings. The molecule has 0 aliphatic carbocycles. The Balaban J connectivity index is 3.74. The van der Waals surface area contributed by atoms with E-state index in [4.69, 9.17) is 0 Å². The van der Waals surface area contributed by atoms with Crippen LogP contribution in [0.5, 0.6) is 0 Å². The van der Waals surface area contributed by atoms with Crippen molar-refractivity contribution in [3.63, 3.8) is 0 Å². The molecule has 0 aromatic rings. The molecule has 0 saturated heterocycles. The van der Waals surface area contributed by atoms with E-state index in [1.165, 1.54) is 0 Å². The number of rotatable bonds is 4. The Morgan fingerprint density at radius 2 is 2.20 bits per heavy atom. The molecule has 2 nitrogen and oxygen atoms in total. The van der Waals surface area contributed by atoms with Crippen LogP contribution in [0.3, 0.4) is 0 Å². The van der Waals surface area contributed by atoms with E-state index >= 15 is 0 Å². The first-order valence-corrected chi connectivity index (χ1v) is 3.54. The Kier molecular flexibility index (Phi) is 3.61. The maximum absolute atomic E-state index is 9.21. The lowest BCUT2D eigenvalue weighted by Crippen LogP contribution is -2.48. The molecule has 10 heavy (non-hydrogen) atoms. The molecular formula is C8H17NO. The van der Waals surface area contributed by atoms with Gasteiger partial charge in [-0.2, -0.15) is 0 Å². The van der Waals surface area contributed by atoms with Crippen molar-refractivity contribution in [2.75, 3.05) is 6.54 Å². The summed E-state index contributed by atoms with van der Waals surface area (Å²) in [5, 5.41) is 12.4. The molecule has 0 radical (unpaired) electrons. The summed E-state index contributed by atoms with van der Waals surface area (Å²) < 4.78 is 0. The van der Waals surface area contributed by atoms with Gasteiger partial charge in [-0.1, -0.05) is 6.08 Å². The molecule has 0 aromatic heterocycles. The molecule has 0 aliphatic heterocycles. The Bertz CT molecular complexity index is 108. The molecule has 0 aliphatic rings. The van der Waals surface area contributed by atoms with Crippen molar-refractivity contribution in [3.8, 4) is 0 Å². The number of nitrogens with one attached hydrogen (secondary N) is 1. The lowest BCUT2D eigenvalue weighted by molar-refractivity contribution is 0.0994. The first-order chi connectivity index (χ1) is 4.50. The van der Waals surface area contributed by atoms with Gasteiger partial charge in [0.15, 0.2) is 0 Å². The molecule has 0 saturated carbocycles. The predicted molar refractivity (Wildman–Crippen MR) is 44.0 cm³/mol. The summed E-state index contributed by atoms with van der Waals surface area (Å²) in [5.74, 6) is 0. The van der Waals surface area contributed by atoms with Crippen molar-refractivity contribution in [1.29, 1.82) is 0 Å². The van der Waals surface area contributed by atoms with Gasteiger partial charge >= 0.3 is 0 Å². The van der Waals surface area contributed by atoms with Crippen molar-refractivity contribution in [2.45, 2.75) is 32.4 Å². The lowest BCUT2D eigenvalue weighted by Gasteiger charge is -2.28. The van der Waals surface area contributed by atoms with Crippen LogP contribution < -0.4 is 5.32 Å². The second-order valence-corrected chi connectivity index (χ2v) is 3.07. The van der Waals surface area contributed by atoms with Crippen LogP contribution in [0.4, 0.5) is 0 Å². The number of hydrogen-bond donors (Lipinski definition) is 2. The van der Waals surface area contributed by atoms with E-state index in [9.17, 15) is 5.11 Å². The molecule has 0 aromatic carbocycles. The minimum absolute atomic E-state index is 0.214. The summed E-state index contributed by atoms with van der Waals surface area (Å²) in [6.07, 6.45) is 1.44. The van der Waals surface area contributed by atoms with E-state index in [1.807, 2.05) is 13.8 Å². The number of aliphatic hydroxyl groups is 1. The molecule has 1 unspecified atom stereocenters. The molecule has 1 atom stereocenters. The van der Waals surface area contributed by atoms with Crippen LogP contribution in [0, 0.1) is 0 Å². The van der Waals surface area contributed by atoms with Crippen LogP contribution in [0.1, 0.15) is 20.8 Å². The van der Waals surface area contributed by atoms with Gasteiger partial charge in [-0.15, -0.1) is 6.58 Å². The average molecular weight is 143 g/mol. The zero-order valence-corrected chi connectivity index (χ0v) is 7.02. The van der Waals surface area contributed by atoms with Gasteiger partial charge in [-0.05, 0) is 20.8 Å². The van der Waals surface area contributed by atoms with E-state index in [-0.39, 0.29) is 11.6 Å². The maximum Gasteiger partial charge on any atom is 0.0688 e. The van der Waals surface area contributed by atoms with Crippen LogP contribution >= 0.6 is 0 Å². The lowest BCUT2D eigenvalue weighted by atomic mass is 9.99. The SMILES string of the molecule is C=CCNC(C)(C)C(C)O. The second-order valence-electron chi connectivity index (χ2n) is 3.07. The molecule has 0 bridgehead atoms. The fraction of sp³-hybridized carbons (Fsp3) is 0.750. The predicted octanol–water partition coefficient (Wildman–Crippen LogP) is 0.921. The van der Waals surface area contributed by atoms with Crippen LogP contribution in [0.25, 0.3) is 0 Å². The average Bonchev–Trinajstić information content (AvgIpc) is 1.84. The summed E-state index contributed by atoms with van der Waals surface area (Å²) in [6.45, 7) is 10.0. The van der Waals surface area contributed by atoms with Gasteiger partial charge in [-0.3, -0.25) is 0 Å². The summed E-state index contributed by atoms with van der Waals surface area (Å²) in [7, 11) is 0. The monoisotopic (exact) mass is 143 g/mol. The Morgan fingerprint density at radius 3 is 2.50 bits per heavy atom. The number of hydrogen-bond acceptors (Lipinski definition) is 2. The van der Waals surface area contributed by atoms with E-state index in [1.54, 1.807) is 13.0 Å². The summed E-state index contributed by atoms with van der Waals surface area (Å²) in [4.78, 5) is 0. The van der Waals surface area contributed by atoms with Gasteiger partial charge in [0.2, 0.25) is 0 Å². The van der Waals surface area contributed by atoms with Crippen LogP contribution in [-0.2, 0) is 0 Å². The highest BCUT2D eigenvalue weighted by Gasteiger charge is 2.21. The fourth-order valence-corrected chi connectivity index (χ4v) is 0.483. The van der Waals surface area contributed by atoms with Gasteiger partial charge < -0.3 is 10.4 Å². The molecule has 0 spiro atoms. The molecule has 0 amide bonds. The summed E-state index contributed by atoms with van der Waals surface area (Å²) in [6, 6.07) is 0. The van der Waals surface area contributed by atoms with Crippen molar-refractivity contribution in [2.24, 2.45) is 0 Å². The minimum Gasteiger partial charge on any atom is -0.392 e. The zero-order valence-electron chi connectivity index (χ0n) is 7.02. The first-order valence-electron chi connectivity index (χ1n) is 3.54. The fourth-order valence-electron chi connectivity index (χ4n) is 0.483. The van der Waals surface area contributed by atoms with E-state index in [0.717, 1.165) is 6.54 Å². The largest absolute Gasteiger partial charge is 0.392 e. The van der Waals surface area contributed by atoms with E-state index in [0.29, 0.717) is 0 Å². The highest BCUT2D eigenvalue weighted by atomic mass is 16.3. The van der Waals surface area contributed by atoms with Crippen molar-refractivity contribution in [3.05, 3.63) is 12.7 Å². The summed E-state index contributed by atoms with van der Waals surface area (Å²) in [5.41, 5.74) is -0.214. The van der Waals surface area contributed by atoms with E-state index in [2.05, 4.69) is 11.9 Å². The zero-order chi connectivity index (χ0) is 8.20. The third-order valence-electron chi connectivity index (χ3n) is 1.75. The molecule has 2 heteroatoms. The third kappa shape index (κ3) is 2.99. The van der Waals surface area contributed by atoms with Gasteiger partial charge in [0, 0.05) is 12.1 Å². The van der Waals surface area contributed by atoms with Crippen molar-refractivity contribution < 1.29 is 5.11 Å². The van der Waals surface area contributed by atoms with Gasteiger partial charge in [0.1, 0.15) is 0 Å². The van der Waals surface area contributed by atoms with Gasteiger partial charge in [0.25, 0.3) is 0 Å². The Labute approximate surface area is 62.9 Å². The van der Waals surface area contributed by atoms with Crippen LogP contribution in [0.15, 0.2) is 12.7 Å². The topological polar surface area (TPSA) is 32.3 Å². The molecular weight excluding hydrogens is 126 g/mol.